The number of carbonyl (C=O) groups excluding carboxylic acids is 3. The first kappa shape index (κ1) is 19.9. The molecule has 1 N–H and O–H groups in total. The Bertz CT molecular complexity index is 765. The summed E-state index contributed by atoms with van der Waals surface area (Å²) in [7, 11) is -5.75. The second kappa shape index (κ2) is 6.66. The summed E-state index contributed by atoms with van der Waals surface area (Å²) in [6.07, 6.45) is -3.27. The fraction of sp³-hybridized carbons (Fsp3) is 0.800. The van der Waals surface area contributed by atoms with Crippen molar-refractivity contribution in [1.82, 2.24) is 0 Å². The van der Waals surface area contributed by atoms with Gasteiger partial charge in [-0.1, -0.05) is 0 Å². The van der Waals surface area contributed by atoms with E-state index in [0.717, 1.165) is 6.42 Å². The molecule has 3 rings (SSSR count). The molecule has 6 unspecified atom stereocenters. The van der Waals surface area contributed by atoms with Crippen LogP contribution in [-0.4, -0.2) is 54.4 Å². The average molecular weight is 412 g/mol. The minimum Gasteiger partial charge on any atom is -0.458 e. The van der Waals surface area contributed by atoms with Crippen LogP contribution in [0.4, 0.5) is 8.78 Å². The molecule has 0 aromatic heterocycles. The fourth-order valence-corrected chi connectivity index (χ4v) is 4.48. The maximum Gasteiger partial charge on any atom is 0.405 e. The second-order valence-electron chi connectivity index (χ2n) is 7.03. The highest BCUT2D eigenvalue weighted by Gasteiger charge is 2.63. The predicted molar refractivity (Wildman–Crippen MR) is 80.7 cm³/mol. The quantitative estimate of drug-likeness (QED) is 0.364. The topological polar surface area (TPSA) is 133 Å². The van der Waals surface area contributed by atoms with E-state index in [1.807, 2.05) is 0 Å². The van der Waals surface area contributed by atoms with Crippen LogP contribution < -0.4 is 0 Å². The first-order valence-corrected chi connectivity index (χ1v) is 9.80. The Balaban J connectivity index is 1.46. The molecule has 2 saturated carbocycles. The van der Waals surface area contributed by atoms with Crippen LogP contribution >= 0.6 is 0 Å². The Morgan fingerprint density at radius 1 is 1.30 bits per heavy atom. The normalized spacial score (nSPS) is 32.9. The third-order valence-electron chi connectivity index (χ3n) is 5.34. The lowest BCUT2D eigenvalue weighted by Crippen LogP contribution is -2.42. The van der Waals surface area contributed by atoms with Crippen LogP contribution in [0.15, 0.2) is 0 Å². The van der Waals surface area contributed by atoms with Crippen LogP contribution in [0.3, 0.4) is 0 Å². The van der Waals surface area contributed by atoms with Crippen LogP contribution in [0.25, 0.3) is 0 Å². The number of fused-ring (bicyclic) bond motifs is 1. The average Bonchev–Trinajstić information content (AvgIpc) is 3.16. The van der Waals surface area contributed by atoms with E-state index in [1.165, 1.54) is 0 Å². The Morgan fingerprint density at radius 3 is 2.56 bits per heavy atom. The molecule has 0 spiro atoms. The Kier molecular flexibility index (Phi) is 4.91. The van der Waals surface area contributed by atoms with Crippen molar-refractivity contribution in [1.29, 1.82) is 0 Å². The van der Waals surface area contributed by atoms with E-state index < -0.39 is 58.5 Å². The first-order chi connectivity index (χ1) is 12.4. The molecule has 2 bridgehead atoms. The molecule has 27 heavy (non-hydrogen) atoms. The fourth-order valence-electron chi connectivity index (χ4n) is 4.01. The van der Waals surface area contributed by atoms with E-state index in [-0.39, 0.29) is 23.7 Å². The number of hydrogen-bond acceptors (Lipinski definition) is 8. The summed E-state index contributed by atoms with van der Waals surface area (Å²) >= 11 is 0. The number of ether oxygens (including phenoxy) is 3. The lowest BCUT2D eigenvalue weighted by atomic mass is 9.88. The van der Waals surface area contributed by atoms with Gasteiger partial charge < -0.3 is 14.2 Å². The van der Waals surface area contributed by atoms with Crippen LogP contribution in [0.1, 0.15) is 32.6 Å². The van der Waals surface area contributed by atoms with Crippen molar-refractivity contribution in [2.75, 3.05) is 0 Å². The van der Waals surface area contributed by atoms with Crippen molar-refractivity contribution >= 4 is 28.0 Å². The molecule has 6 atom stereocenters. The maximum absolute atomic E-state index is 13.3. The molecule has 1 aliphatic heterocycles. The zero-order chi connectivity index (χ0) is 20.1. The molecule has 12 heteroatoms. The van der Waals surface area contributed by atoms with Gasteiger partial charge in [0.2, 0.25) is 0 Å². The van der Waals surface area contributed by atoms with Crippen LogP contribution in [0, 0.1) is 17.8 Å². The van der Waals surface area contributed by atoms with Crippen LogP contribution in [-0.2, 0) is 38.7 Å². The summed E-state index contributed by atoms with van der Waals surface area (Å²) in [5.41, 5.74) is 0. The van der Waals surface area contributed by atoms with Crippen molar-refractivity contribution in [3.8, 4) is 0 Å². The zero-order valence-corrected chi connectivity index (χ0v) is 15.0. The molecule has 0 aromatic carbocycles. The Labute approximate surface area is 153 Å². The highest BCUT2D eigenvalue weighted by molar-refractivity contribution is 7.86. The Hall–Kier alpha value is -1.82. The monoisotopic (exact) mass is 412 g/mol. The number of halogens is 2. The van der Waals surface area contributed by atoms with E-state index in [0.29, 0.717) is 13.3 Å². The lowest BCUT2D eigenvalue weighted by molar-refractivity contribution is -0.166. The number of carbonyl (C=O) groups is 3. The van der Waals surface area contributed by atoms with Gasteiger partial charge in [0.15, 0.2) is 6.10 Å². The van der Waals surface area contributed by atoms with E-state index in [2.05, 4.69) is 4.74 Å². The van der Waals surface area contributed by atoms with Crippen molar-refractivity contribution in [3.63, 3.8) is 0 Å². The summed E-state index contributed by atoms with van der Waals surface area (Å²) in [6.45, 7) is 0.601. The van der Waals surface area contributed by atoms with Crippen LogP contribution in [0.5, 0.6) is 0 Å². The Morgan fingerprint density at radius 2 is 1.93 bits per heavy atom. The predicted octanol–water partition coefficient (Wildman–Crippen LogP) is 0.672. The van der Waals surface area contributed by atoms with E-state index >= 15 is 0 Å². The third-order valence-corrected chi connectivity index (χ3v) is 6.36. The second-order valence-corrected chi connectivity index (χ2v) is 8.52. The number of alkyl halides is 2. The molecule has 3 aliphatic rings. The van der Waals surface area contributed by atoms with E-state index in [4.69, 9.17) is 14.0 Å². The van der Waals surface area contributed by atoms with Gasteiger partial charge in [-0.2, -0.15) is 17.2 Å². The standard InChI is InChI=1S/C15H18F2O9S/c1-6(15(16,17)27(21,22)23)24-10(18)2-3-11(19)25-12-7-4-8-9(5-7)14(20)26-13(8)12/h6-9,12-13H,2-5H2,1H3,(H,21,22,23). The molecule has 0 radical (unpaired) electrons. The number of rotatable bonds is 7. The largest absolute Gasteiger partial charge is 0.458 e. The highest BCUT2D eigenvalue weighted by atomic mass is 32.2. The first-order valence-electron chi connectivity index (χ1n) is 8.36. The van der Waals surface area contributed by atoms with Gasteiger partial charge in [-0.25, -0.2) is 0 Å². The van der Waals surface area contributed by atoms with E-state index in [1.54, 1.807) is 0 Å². The summed E-state index contributed by atoms with van der Waals surface area (Å²) in [5.74, 6) is -2.41. The third kappa shape index (κ3) is 3.51. The van der Waals surface area contributed by atoms with Gasteiger partial charge in [-0.15, -0.1) is 0 Å². The van der Waals surface area contributed by atoms with Crippen molar-refractivity contribution in [2.45, 2.75) is 56.2 Å². The summed E-state index contributed by atoms with van der Waals surface area (Å²) in [4.78, 5) is 35.1. The minimum atomic E-state index is -5.75. The molecule has 0 amide bonds. The molecule has 3 fully saturated rings. The lowest BCUT2D eigenvalue weighted by Gasteiger charge is -2.25. The van der Waals surface area contributed by atoms with Crippen molar-refractivity contribution < 1.29 is 50.3 Å². The minimum absolute atomic E-state index is 0.0147. The summed E-state index contributed by atoms with van der Waals surface area (Å²) < 4.78 is 71.0. The molecule has 152 valence electrons. The van der Waals surface area contributed by atoms with E-state index in [9.17, 15) is 31.6 Å². The summed E-state index contributed by atoms with van der Waals surface area (Å²) in [6, 6.07) is 0. The van der Waals surface area contributed by atoms with Gasteiger partial charge in [0, 0.05) is 11.8 Å². The zero-order valence-electron chi connectivity index (χ0n) is 14.2. The van der Waals surface area contributed by atoms with Gasteiger partial charge in [-0.3, -0.25) is 18.9 Å². The maximum atomic E-state index is 13.3. The molecule has 2 aliphatic carbocycles. The number of esters is 3. The van der Waals surface area contributed by atoms with Gasteiger partial charge in [0.05, 0.1) is 18.8 Å². The SMILES string of the molecule is CC(OC(=O)CCC(=O)OC1C2CC3C(=O)OC1C3C2)C(F)(F)S(=O)(=O)O. The van der Waals surface area contributed by atoms with Gasteiger partial charge in [0.25, 0.3) is 0 Å². The number of hydrogen-bond donors (Lipinski definition) is 1. The summed E-state index contributed by atoms with van der Waals surface area (Å²) in [5, 5.41) is -4.67. The molecule has 1 saturated heterocycles. The molecular weight excluding hydrogens is 394 g/mol. The van der Waals surface area contributed by atoms with Gasteiger partial charge in [-0.05, 0) is 19.8 Å². The van der Waals surface area contributed by atoms with Crippen LogP contribution in [0.2, 0.25) is 0 Å². The van der Waals surface area contributed by atoms with Gasteiger partial charge >= 0.3 is 33.3 Å². The van der Waals surface area contributed by atoms with Crippen molar-refractivity contribution in [2.24, 2.45) is 17.8 Å². The molecule has 0 aromatic rings. The van der Waals surface area contributed by atoms with Crippen molar-refractivity contribution in [3.05, 3.63) is 0 Å². The highest BCUT2D eigenvalue weighted by Crippen LogP contribution is 2.55. The van der Waals surface area contributed by atoms with Gasteiger partial charge in [0.1, 0.15) is 12.2 Å². The molecule has 1 heterocycles. The smallest absolute Gasteiger partial charge is 0.405 e. The molecule has 9 nitrogen and oxygen atoms in total. The molecular formula is C15H18F2O9S.